The molecule has 8 heteroatoms. The molecule has 1 aromatic carbocycles. The van der Waals surface area contributed by atoms with Gasteiger partial charge in [0.2, 0.25) is 15.9 Å². The van der Waals surface area contributed by atoms with Gasteiger partial charge in [0.05, 0.1) is 19.3 Å². The smallest absolute Gasteiger partial charge is 0.237 e. The summed E-state index contributed by atoms with van der Waals surface area (Å²) in [7, 11) is -3.42. The molecule has 134 valence electrons. The number of aliphatic hydroxyl groups is 1. The monoisotopic (exact) mass is 356 g/mol. The van der Waals surface area contributed by atoms with E-state index in [0.717, 1.165) is 11.8 Å². The number of nitrogens with zero attached hydrogens (tertiary/aromatic N) is 1. The van der Waals surface area contributed by atoms with Crippen molar-refractivity contribution in [1.29, 1.82) is 0 Å². The first-order valence-electron chi connectivity index (χ1n) is 7.81. The van der Waals surface area contributed by atoms with Gasteiger partial charge in [0.25, 0.3) is 0 Å². The van der Waals surface area contributed by atoms with Crippen LogP contribution in [0.3, 0.4) is 0 Å². The van der Waals surface area contributed by atoms with Crippen LogP contribution >= 0.6 is 0 Å². The van der Waals surface area contributed by atoms with Crippen molar-refractivity contribution in [2.24, 2.45) is 0 Å². The second kappa shape index (κ2) is 7.50. The molecule has 0 saturated carbocycles. The number of β-amino-alcohol motifs (C(OH)–C–C–N with tert-alkyl or cyclic N) is 1. The number of amides is 1. The first-order chi connectivity index (χ1) is 11.2. The highest BCUT2D eigenvalue weighted by Gasteiger charge is 2.36. The Labute approximate surface area is 142 Å². The van der Waals surface area contributed by atoms with Gasteiger partial charge in [-0.25, -0.2) is 13.1 Å². The van der Waals surface area contributed by atoms with Crippen LogP contribution in [-0.4, -0.2) is 62.4 Å². The Morgan fingerprint density at radius 3 is 2.88 bits per heavy atom. The largest absolute Gasteiger partial charge is 0.491 e. The summed E-state index contributed by atoms with van der Waals surface area (Å²) in [4.78, 5) is 13.6. The molecule has 0 bridgehead atoms. The van der Waals surface area contributed by atoms with Gasteiger partial charge in [-0.1, -0.05) is 12.1 Å². The van der Waals surface area contributed by atoms with E-state index in [1.165, 1.54) is 4.90 Å². The maximum Gasteiger partial charge on any atom is 0.237 e. The number of piperidine rings is 1. The summed E-state index contributed by atoms with van der Waals surface area (Å²) in [5.41, 5.74) is -0.0743. The molecule has 24 heavy (non-hydrogen) atoms. The number of carbonyl (C=O) groups is 1. The van der Waals surface area contributed by atoms with Crippen LogP contribution in [0.1, 0.15) is 18.4 Å². The molecule has 1 heterocycles. The van der Waals surface area contributed by atoms with Crippen LogP contribution in [0.15, 0.2) is 24.3 Å². The van der Waals surface area contributed by atoms with Crippen LogP contribution in [0.2, 0.25) is 0 Å². The van der Waals surface area contributed by atoms with Crippen LogP contribution in [0.5, 0.6) is 5.75 Å². The average Bonchev–Trinajstić information content (AvgIpc) is 2.50. The molecule has 7 nitrogen and oxygen atoms in total. The highest BCUT2D eigenvalue weighted by Crippen LogP contribution is 2.23. The van der Waals surface area contributed by atoms with Gasteiger partial charge in [-0.05, 0) is 37.5 Å². The van der Waals surface area contributed by atoms with Crippen LogP contribution in [0.25, 0.3) is 0 Å². The topological polar surface area (TPSA) is 95.9 Å². The second-order valence-corrected chi connectivity index (χ2v) is 8.17. The van der Waals surface area contributed by atoms with Gasteiger partial charge in [-0.3, -0.25) is 4.79 Å². The van der Waals surface area contributed by atoms with Crippen molar-refractivity contribution in [2.45, 2.75) is 25.4 Å². The average molecular weight is 356 g/mol. The lowest BCUT2D eigenvalue weighted by atomic mass is 9.93. The van der Waals surface area contributed by atoms with E-state index in [2.05, 4.69) is 4.72 Å². The van der Waals surface area contributed by atoms with Crippen molar-refractivity contribution in [3.8, 4) is 5.75 Å². The van der Waals surface area contributed by atoms with E-state index in [1.807, 2.05) is 31.2 Å². The zero-order chi connectivity index (χ0) is 17.8. The zero-order valence-corrected chi connectivity index (χ0v) is 14.8. The Morgan fingerprint density at radius 1 is 1.46 bits per heavy atom. The van der Waals surface area contributed by atoms with E-state index in [1.54, 1.807) is 0 Å². The minimum absolute atomic E-state index is 0.0831. The van der Waals surface area contributed by atoms with Crippen molar-refractivity contribution in [3.05, 3.63) is 29.8 Å². The molecular weight excluding hydrogens is 332 g/mol. The van der Waals surface area contributed by atoms with Gasteiger partial charge >= 0.3 is 0 Å². The Bertz CT molecular complexity index is 691. The van der Waals surface area contributed by atoms with Gasteiger partial charge in [0.1, 0.15) is 18.0 Å². The maximum absolute atomic E-state index is 12.1. The number of carbonyl (C=O) groups excluding carboxylic acids is 1. The number of rotatable bonds is 6. The first kappa shape index (κ1) is 18.7. The Kier molecular flexibility index (Phi) is 5.84. The summed E-state index contributed by atoms with van der Waals surface area (Å²) >= 11 is 0. The van der Waals surface area contributed by atoms with Gasteiger partial charge < -0.3 is 14.7 Å². The Hall–Kier alpha value is -1.64. The minimum Gasteiger partial charge on any atom is -0.491 e. The summed E-state index contributed by atoms with van der Waals surface area (Å²) in [5.74, 6) is 0.319. The third kappa shape index (κ3) is 5.77. The quantitative estimate of drug-likeness (QED) is 0.763. The summed E-state index contributed by atoms with van der Waals surface area (Å²) in [5, 5.41) is 10.7. The minimum atomic E-state index is -3.42. The van der Waals surface area contributed by atoms with E-state index in [0.29, 0.717) is 25.1 Å². The second-order valence-electron chi connectivity index (χ2n) is 6.34. The third-order valence-corrected chi connectivity index (χ3v) is 4.56. The van der Waals surface area contributed by atoms with E-state index < -0.39 is 15.6 Å². The normalized spacial score (nSPS) is 21.5. The molecule has 1 amide bonds. The Balaban J connectivity index is 1.91. The Morgan fingerprint density at radius 2 is 2.21 bits per heavy atom. The zero-order valence-electron chi connectivity index (χ0n) is 14.0. The molecule has 1 atom stereocenters. The van der Waals surface area contributed by atoms with E-state index in [4.69, 9.17) is 4.74 Å². The number of likely N-dealkylation sites (tertiary alicyclic amines) is 1. The van der Waals surface area contributed by atoms with Crippen molar-refractivity contribution in [2.75, 3.05) is 32.5 Å². The van der Waals surface area contributed by atoms with Crippen molar-refractivity contribution in [1.82, 2.24) is 9.62 Å². The number of sulfonamides is 1. The predicted octanol–water partition coefficient (Wildman–Crippen LogP) is 0.277. The van der Waals surface area contributed by atoms with E-state index >= 15 is 0 Å². The highest BCUT2D eigenvalue weighted by atomic mass is 32.2. The number of hydrogen-bond donors (Lipinski definition) is 2. The first-order valence-corrected chi connectivity index (χ1v) is 9.70. The molecule has 1 aliphatic heterocycles. The molecule has 0 aromatic heterocycles. The SMILES string of the molecule is Cc1cccc(OC[C@]2(O)CCCN(C(=O)CNS(C)(=O)=O)C2)c1. The number of ether oxygens (including phenoxy) is 1. The summed E-state index contributed by atoms with van der Waals surface area (Å²) < 4.78 is 30.0. The summed E-state index contributed by atoms with van der Waals surface area (Å²) in [6.07, 6.45) is 2.17. The molecule has 1 aromatic rings. The molecule has 2 rings (SSSR count). The lowest BCUT2D eigenvalue weighted by Crippen LogP contribution is -2.54. The van der Waals surface area contributed by atoms with Crippen LogP contribution in [-0.2, 0) is 14.8 Å². The standard InChI is InChI=1S/C16H24N2O5S/c1-13-5-3-6-14(9-13)23-12-16(20)7-4-8-18(11-16)15(19)10-17-24(2,21)22/h3,5-6,9,17,20H,4,7-8,10-12H2,1-2H3/t16-/m0/s1. The van der Waals surface area contributed by atoms with Crippen LogP contribution < -0.4 is 9.46 Å². The molecule has 1 saturated heterocycles. The molecular formula is C16H24N2O5S. The van der Waals surface area contributed by atoms with Gasteiger partial charge in [-0.2, -0.15) is 0 Å². The van der Waals surface area contributed by atoms with Crippen molar-refractivity contribution in [3.63, 3.8) is 0 Å². The van der Waals surface area contributed by atoms with Gasteiger partial charge in [0.15, 0.2) is 0 Å². The number of hydrogen-bond acceptors (Lipinski definition) is 5. The van der Waals surface area contributed by atoms with Crippen LogP contribution in [0.4, 0.5) is 0 Å². The molecule has 0 unspecified atom stereocenters. The fourth-order valence-corrected chi connectivity index (χ4v) is 3.06. The molecule has 1 aliphatic rings. The fraction of sp³-hybridized carbons (Fsp3) is 0.562. The molecule has 1 fully saturated rings. The highest BCUT2D eigenvalue weighted by molar-refractivity contribution is 7.88. The van der Waals surface area contributed by atoms with Crippen molar-refractivity contribution >= 4 is 15.9 Å². The van der Waals surface area contributed by atoms with E-state index in [9.17, 15) is 18.3 Å². The summed E-state index contributed by atoms with van der Waals surface area (Å²) in [6.45, 7) is 2.37. The lowest BCUT2D eigenvalue weighted by Gasteiger charge is -2.39. The van der Waals surface area contributed by atoms with E-state index in [-0.39, 0.29) is 25.6 Å². The van der Waals surface area contributed by atoms with Crippen LogP contribution in [0, 0.1) is 6.92 Å². The third-order valence-electron chi connectivity index (χ3n) is 3.89. The molecule has 2 N–H and O–H groups in total. The molecule has 0 spiro atoms. The van der Waals surface area contributed by atoms with Gasteiger partial charge in [-0.15, -0.1) is 0 Å². The molecule has 0 radical (unpaired) electrons. The number of benzene rings is 1. The summed E-state index contributed by atoms with van der Waals surface area (Å²) in [6, 6.07) is 7.53. The number of aryl methyl sites for hydroxylation is 1. The van der Waals surface area contributed by atoms with Gasteiger partial charge in [0, 0.05) is 6.54 Å². The lowest BCUT2D eigenvalue weighted by molar-refractivity contribution is -0.138. The molecule has 0 aliphatic carbocycles. The maximum atomic E-state index is 12.1. The number of nitrogens with one attached hydrogen (secondary N) is 1. The van der Waals surface area contributed by atoms with Crippen molar-refractivity contribution < 1.29 is 23.1 Å². The fourth-order valence-electron chi connectivity index (χ4n) is 2.67. The predicted molar refractivity (Wildman–Crippen MR) is 90.3 cm³/mol.